The molecule has 0 unspecified atom stereocenters. The first kappa shape index (κ1) is 23.7. The van der Waals surface area contributed by atoms with Gasteiger partial charge < -0.3 is 14.2 Å². The molecule has 1 aliphatic carbocycles. The number of para-hydroxylation sites is 1. The maximum atomic E-state index is 12.7. The lowest BCUT2D eigenvalue weighted by Gasteiger charge is -2.35. The first-order valence-electron chi connectivity index (χ1n) is 14.0. The fourth-order valence-corrected chi connectivity index (χ4v) is 6.83. The van der Waals surface area contributed by atoms with Crippen molar-refractivity contribution in [3.05, 3.63) is 59.3 Å². The topological polar surface area (TPSA) is 55.6 Å². The van der Waals surface area contributed by atoms with E-state index in [0.717, 1.165) is 41.4 Å². The van der Waals surface area contributed by atoms with Gasteiger partial charge in [0.05, 0.1) is 18.7 Å². The van der Waals surface area contributed by atoms with Crippen LogP contribution in [0.25, 0.3) is 11.0 Å². The van der Waals surface area contributed by atoms with E-state index in [1.54, 1.807) is 5.56 Å². The van der Waals surface area contributed by atoms with Crippen LogP contribution in [0.3, 0.4) is 0 Å². The zero-order chi connectivity index (χ0) is 24.3. The molecule has 0 N–H and O–H groups in total. The highest BCUT2D eigenvalue weighted by Crippen LogP contribution is 2.38. The minimum Gasteiger partial charge on any atom is -0.493 e. The quantitative estimate of drug-likeness (QED) is 0.372. The van der Waals surface area contributed by atoms with E-state index in [-0.39, 0.29) is 0 Å². The molecular weight excluding hydrogens is 448 g/mol. The minimum atomic E-state index is 0.302. The van der Waals surface area contributed by atoms with Gasteiger partial charge >= 0.3 is 0 Å². The largest absolute Gasteiger partial charge is 0.493 e. The molecular formula is C31H38N2O3. The fourth-order valence-electron chi connectivity index (χ4n) is 6.83. The summed E-state index contributed by atoms with van der Waals surface area (Å²) in [5, 5.41) is 5.11. The van der Waals surface area contributed by atoms with Gasteiger partial charge in [0.25, 0.3) is 0 Å². The van der Waals surface area contributed by atoms with Crippen LogP contribution in [0.1, 0.15) is 74.1 Å². The lowest BCUT2D eigenvalue weighted by Crippen LogP contribution is -2.35. The van der Waals surface area contributed by atoms with Crippen molar-refractivity contribution < 1.29 is 14.1 Å². The molecule has 190 valence electrons. The number of aromatic nitrogens is 1. The number of likely N-dealkylation sites (tertiary alicyclic amines) is 1. The average Bonchev–Trinajstić information content (AvgIpc) is 3.56. The molecule has 3 heterocycles. The Kier molecular flexibility index (Phi) is 7.09. The molecule has 2 aromatic carbocycles. The highest BCUT2D eigenvalue weighted by Gasteiger charge is 2.27. The average molecular weight is 487 g/mol. The van der Waals surface area contributed by atoms with Crippen LogP contribution in [0.5, 0.6) is 5.75 Å². The second kappa shape index (κ2) is 10.8. The molecule has 36 heavy (non-hydrogen) atoms. The van der Waals surface area contributed by atoms with Gasteiger partial charge in [-0.1, -0.05) is 42.3 Å². The second-order valence-corrected chi connectivity index (χ2v) is 11.3. The number of hydrogen-bond acceptors (Lipinski definition) is 5. The lowest BCUT2D eigenvalue weighted by molar-refractivity contribution is -0.119. The molecule has 1 aromatic heterocycles. The number of rotatable bonds is 8. The second-order valence-electron chi connectivity index (χ2n) is 11.3. The number of hydrogen-bond donors (Lipinski definition) is 0. The summed E-state index contributed by atoms with van der Waals surface area (Å²) in [5.41, 5.74) is 4.58. The van der Waals surface area contributed by atoms with Gasteiger partial charge in [0.15, 0.2) is 5.58 Å². The summed E-state index contributed by atoms with van der Waals surface area (Å²) in [6, 6.07) is 14.4. The fraction of sp³-hybridized carbons (Fsp3) is 0.548. The summed E-state index contributed by atoms with van der Waals surface area (Å²) in [7, 11) is 0. The number of benzene rings is 2. The van der Waals surface area contributed by atoms with Crippen molar-refractivity contribution in [2.24, 2.45) is 11.8 Å². The smallest absolute Gasteiger partial charge is 0.167 e. The van der Waals surface area contributed by atoms with Crippen molar-refractivity contribution in [2.75, 3.05) is 26.2 Å². The summed E-state index contributed by atoms with van der Waals surface area (Å²) >= 11 is 0. The van der Waals surface area contributed by atoms with Crippen LogP contribution in [-0.2, 0) is 17.6 Å². The molecule has 6 rings (SSSR count). The lowest BCUT2D eigenvalue weighted by atomic mass is 9.78. The van der Waals surface area contributed by atoms with Gasteiger partial charge in [0.1, 0.15) is 11.5 Å². The van der Waals surface area contributed by atoms with Crippen LogP contribution >= 0.6 is 0 Å². The third-order valence-corrected chi connectivity index (χ3v) is 8.96. The van der Waals surface area contributed by atoms with Crippen LogP contribution in [0.4, 0.5) is 0 Å². The summed E-state index contributed by atoms with van der Waals surface area (Å²) < 4.78 is 11.2. The van der Waals surface area contributed by atoms with E-state index in [4.69, 9.17) is 9.26 Å². The van der Waals surface area contributed by atoms with E-state index in [9.17, 15) is 4.79 Å². The Bertz CT molecular complexity index is 1190. The van der Waals surface area contributed by atoms with Crippen molar-refractivity contribution in [1.29, 1.82) is 0 Å². The van der Waals surface area contributed by atoms with E-state index in [1.165, 1.54) is 70.1 Å². The molecule has 2 fully saturated rings. The van der Waals surface area contributed by atoms with Crippen molar-refractivity contribution in [1.82, 2.24) is 10.1 Å². The Morgan fingerprint density at radius 3 is 2.61 bits per heavy atom. The zero-order valence-corrected chi connectivity index (χ0v) is 21.3. The van der Waals surface area contributed by atoms with Gasteiger partial charge in [-0.2, -0.15) is 0 Å². The Morgan fingerprint density at radius 2 is 1.75 bits per heavy atom. The molecule has 3 aliphatic rings. The van der Waals surface area contributed by atoms with Crippen LogP contribution in [0.15, 0.2) is 47.0 Å². The molecule has 0 amide bonds. The summed E-state index contributed by atoms with van der Waals surface area (Å²) in [6.07, 6.45) is 11.0. The number of ketones is 1. The molecule has 0 atom stereocenters. The predicted molar refractivity (Wildman–Crippen MR) is 141 cm³/mol. The van der Waals surface area contributed by atoms with Gasteiger partial charge in [-0.05, 0) is 93.3 Å². The minimum absolute atomic E-state index is 0.302. The predicted octanol–water partition coefficient (Wildman–Crippen LogP) is 6.34. The number of nitrogens with zero attached hydrogens (tertiary/aromatic N) is 2. The maximum Gasteiger partial charge on any atom is 0.167 e. The normalized spacial score (nSPS) is 23.0. The molecule has 0 radical (unpaired) electrons. The molecule has 1 saturated heterocycles. The molecule has 3 aromatic rings. The Morgan fingerprint density at radius 1 is 0.944 bits per heavy atom. The highest BCUT2D eigenvalue weighted by molar-refractivity contribution is 5.87. The van der Waals surface area contributed by atoms with Crippen molar-refractivity contribution in [2.45, 2.75) is 70.1 Å². The van der Waals surface area contributed by atoms with Crippen molar-refractivity contribution in [3.63, 3.8) is 0 Å². The number of fused-ring (bicyclic) bond motifs is 2. The van der Waals surface area contributed by atoms with Crippen molar-refractivity contribution in [3.8, 4) is 5.75 Å². The Balaban J connectivity index is 0.907. The summed E-state index contributed by atoms with van der Waals surface area (Å²) in [6.45, 7) is 4.52. The van der Waals surface area contributed by atoms with Gasteiger partial charge in [0.2, 0.25) is 0 Å². The highest BCUT2D eigenvalue weighted by atomic mass is 16.5. The standard InChI is InChI=1S/C31H38N2O3/c34-25(21-29-28-4-1-2-6-31(28)36-32-29)20-23-10-8-22(9-11-23)12-16-33-17-13-24(14-18-33)26-5-3-7-30-27(26)15-19-35-30/h1-7,22-24H,8-21H2. The van der Waals surface area contributed by atoms with Gasteiger partial charge in [-0.15, -0.1) is 0 Å². The monoisotopic (exact) mass is 486 g/mol. The number of carbonyl (C=O) groups excluding carboxylic acids is 1. The van der Waals surface area contributed by atoms with Crippen molar-refractivity contribution >= 4 is 16.8 Å². The van der Waals surface area contributed by atoms with Gasteiger partial charge in [0, 0.05) is 23.8 Å². The molecule has 5 nitrogen and oxygen atoms in total. The van der Waals surface area contributed by atoms with E-state index in [2.05, 4.69) is 28.3 Å². The Hall–Kier alpha value is -2.66. The third kappa shape index (κ3) is 5.22. The number of piperidine rings is 1. The molecule has 0 spiro atoms. The van der Waals surface area contributed by atoms with Crippen LogP contribution in [0, 0.1) is 11.8 Å². The van der Waals surface area contributed by atoms with Gasteiger partial charge in [-0.25, -0.2) is 0 Å². The Labute approximate surface area is 214 Å². The number of ether oxygens (including phenoxy) is 1. The van der Waals surface area contributed by atoms with Crippen LogP contribution in [0.2, 0.25) is 0 Å². The van der Waals surface area contributed by atoms with E-state index >= 15 is 0 Å². The summed E-state index contributed by atoms with van der Waals surface area (Å²) in [5.74, 6) is 3.48. The number of carbonyl (C=O) groups is 1. The van der Waals surface area contributed by atoms with Crippen LogP contribution < -0.4 is 4.74 Å². The van der Waals surface area contributed by atoms with E-state index < -0.39 is 0 Å². The first-order chi connectivity index (χ1) is 17.7. The SMILES string of the molecule is O=C(Cc1noc2ccccc12)CC1CCC(CCN2CCC(c3cccc4c3CCO4)CC2)CC1. The third-order valence-electron chi connectivity index (χ3n) is 8.96. The molecule has 1 saturated carbocycles. The van der Waals surface area contributed by atoms with Gasteiger partial charge in [-0.3, -0.25) is 4.79 Å². The van der Waals surface area contributed by atoms with Crippen LogP contribution in [-0.4, -0.2) is 42.1 Å². The molecule has 5 heteroatoms. The molecule has 2 aliphatic heterocycles. The molecule has 0 bridgehead atoms. The summed E-state index contributed by atoms with van der Waals surface area (Å²) in [4.78, 5) is 15.4. The number of Topliss-reactive ketones (excluding diaryl/α,β-unsaturated/α-hetero) is 1. The van der Waals surface area contributed by atoms with E-state index in [0.29, 0.717) is 30.5 Å². The van der Waals surface area contributed by atoms with E-state index in [1.807, 2.05) is 24.3 Å². The zero-order valence-electron chi connectivity index (χ0n) is 21.3. The maximum absolute atomic E-state index is 12.7. The first-order valence-corrected chi connectivity index (χ1v) is 14.0.